The number of hydrogen-bond donors (Lipinski definition) is 3. The van der Waals surface area contributed by atoms with Gasteiger partial charge in [0.1, 0.15) is 30.1 Å². The summed E-state index contributed by atoms with van der Waals surface area (Å²) in [5.74, 6) is -0.0717. The number of benzene rings is 1. The fourth-order valence-corrected chi connectivity index (χ4v) is 4.51. The summed E-state index contributed by atoms with van der Waals surface area (Å²) in [6.07, 6.45) is 1.17. The largest absolute Gasteiger partial charge is 0.444 e. The highest BCUT2D eigenvalue weighted by Gasteiger charge is 2.52. The summed E-state index contributed by atoms with van der Waals surface area (Å²) in [6.45, 7) is 5.99. The standard InChI is InChI=1S/C26H36N8O6/c1-26(2,3)40-24(36)29-12-11-28-20(35)16-38-31-23(27-4)22-21-18(13-30-32(21)5)19-14-33(22)25(37)34(19)39-15-17-9-7-6-8-10-17/h6-10,13,19,22H,11-12,14-16H2,1-5H3,(H,27,31)(H,28,35)(H,29,36)/t19-,22-/m0/s1. The lowest BCUT2D eigenvalue weighted by Gasteiger charge is -2.32. The molecule has 3 heterocycles. The van der Waals surface area contributed by atoms with Crippen LogP contribution in [-0.4, -0.2) is 82.5 Å². The predicted octanol–water partition coefficient (Wildman–Crippen LogP) is 1.58. The summed E-state index contributed by atoms with van der Waals surface area (Å²) >= 11 is 0. The minimum Gasteiger partial charge on any atom is -0.444 e. The quantitative estimate of drug-likeness (QED) is 0.173. The lowest BCUT2D eigenvalue weighted by Crippen LogP contribution is -2.45. The number of alkyl carbamates (subject to hydrolysis) is 1. The maximum Gasteiger partial charge on any atom is 0.407 e. The number of aryl methyl sites for hydroxylation is 1. The number of ether oxygens (including phenoxy) is 1. The summed E-state index contributed by atoms with van der Waals surface area (Å²) in [4.78, 5) is 54.7. The van der Waals surface area contributed by atoms with Crippen LogP contribution in [0.4, 0.5) is 9.59 Å². The Labute approximate surface area is 232 Å². The van der Waals surface area contributed by atoms with E-state index in [4.69, 9.17) is 14.4 Å². The Kier molecular flexibility index (Phi) is 8.90. The molecule has 0 radical (unpaired) electrons. The van der Waals surface area contributed by atoms with Crippen molar-refractivity contribution in [1.29, 1.82) is 0 Å². The number of carbonyl (C=O) groups excluding carboxylic acids is 3. The lowest BCUT2D eigenvalue weighted by molar-refractivity contribution is -0.141. The molecule has 1 aromatic carbocycles. The van der Waals surface area contributed by atoms with Gasteiger partial charge in [-0.2, -0.15) is 10.2 Å². The second-order valence-corrected chi connectivity index (χ2v) is 10.3. The Bertz CT molecular complexity index is 1240. The average molecular weight is 557 g/mol. The molecular weight excluding hydrogens is 520 g/mol. The van der Waals surface area contributed by atoms with Gasteiger partial charge in [0.05, 0.1) is 18.4 Å². The summed E-state index contributed by atoms with van der Waals surface area (Å²) in [6, 6.07) is 8.36. The minimum atomic E-state index is -0.623. The highest BCUT2D eigenvalue weighted by molar-refractivity contribution is 5.93. The van der Waals surface area contributed by atoms with Crippen molar-refractivity contribution in [3.63, 3.8) is 0 Å². The topological polar surface area (TPSA) is 152 Å². The third-order valence-electron chi connectivity index (χ3n) is 6.24. The van der Waals surface area contributed by atoms with Crippen molar-refractivity contribution in [2.75, 3.05) is 33.3 Å². The van der Waals surface area contributed by atoms with E-state index in [-0.39, 0.29) is 38.4 Å². The number of fused-ring (bicyclic) bond motifs is 4. The lowest BCUT2D eigenvalue weighted by atomic mass is 9.97. The molecule has 0 aliphatic carbocycles. The smallest absolute Gasteiger partial charge is 0.407 e. The van der Waals surface area contributed by atoms with Crippen LogP contribution in [0.15, 0.2) is 41.5 Å². The molecule has 14 nitrogen and oxygen atoms in total. The molecule has 2 aliphatic heterocycles. The number of nitrogens with zero attached hydrogens (tertiary/aromatic N) is 5. The number of urea groups is 1. The molecule has 0 unspecified atom stereocenters. The summed E-state index contributed by atoms with van der Waals surface area (Å²) < 4.78 is 6.85. The minimum absolute atomic E-state index is 0.194. The van der Waals surface area contributed by atoms with Crippen LogP contribution in [0.1, 0.15) is 49.7 Å². The summed E-state index contributed by atoms with van der Waals surface area (Å²) in [5, 5.41) is 11.0. The first kappa shape index (κ1) is 28.8. The number of amides is 4. The fraction of sp³-hybridized carbons (Fsp3) is 0.500. The molecule has 4 amide bonds. The van der Waals surface area contributed by atoms with Gasteiger partial charge in [0.25, 0.3) is 0 Å². The molecule has 216 valence electrons. The normalized spacial score (nSPS) is 18.4. The van der Waals surface area contributed by atoms with E-state index in [0.29, 0.717) is 12.4 Å². The van der Waals surface area contributed by atoms with E-state index in [1.165, 1.54) is 5.06 Å². The highest BCUT2D eigenvalue weighted by atomic mass is 16.7. The zero-order valence-corrected chi connectivity index (χ0v) is 23.3. The van der Waals surface area contributed by atoms with Crippen molar-refractivity contribution in [1.82, 2.24) is 35.9 Å². The van der Waals surface area contributed by atoms with Crippen molar-refractivity contribution >= 4 is 23.9 Å². The van der Waals surface area contributed by atoms with Gasteiger partial charge in [-0.05, 0) is 26.3 Å². The van der Waals surface area contributed by atoms with Gasteiger partial charge in [-0.15, -0.1) is 0 Å². The second-order valence-electron chi connectivity index (χ2n) is 10.3. The van der Waals surface area contributed by atoms with Crippen LogP contribution >= 0.6 is 0 Å². The molecule has 2 aromatic rings. The van der Waals surface area contributed by atoms with Crippen LogP contribution in [0.2, 0.25) is 0 Å². The van der Waals surface area contributed by atoms with E-state index in [0.717, 1.165) is 16.8 Å². The van der Waals surface area contributed by atoms with E-state index in [9.17, 15) is 14.4 Å². The molecule has 0 spiro atoms. The van der Waals surface area contributed by atoms with Gasteiger partial charge in [0.15, 0.2) is 6.61 Å². The van der Waals surface area contributed by atoms with Crippen LogP contribution in [-0.2, 0) is 32.9 Å². The molecule has 0 saturated carbocycles. The number of nitrogens with one attached hydrogen (secondary N) is 3. The molecule has 1 aromatic heterocycles. The highest BCUT2D eigenvalue weighted by Crippen LogP contribution is 2.44. The number of rotatable bonds is 10. The Morgan fingerprint density at radius 1 is 1.15 bits per heavy atom. The first-order chi connectivity index (χ1) is 19.1. The molecular formula is C26H36N8O6. The third-order valence-corrected chi connectivity index (χ3v) is 6.24. The van der Waals surface area contributed by atoms with Crippen molar-refractivity contribution in [3.8, 4) is 0 Å². The molecule has 1 saturated heterocycles. The Hall–Kier alpha value is -4.17. The van der Waals surface area contributed by atoms with Gasteiger partial charge >= 0.3 is 12.1 Å². The van der Waals surface area contributed by atoms with Crippen LogP contribution in [0.3, 0.4) is 0 Å². The van der Waals surface area contributed by atoms with Crippen LogP contribution in [0.5, 0.6) is 0 Å². The van der Waals surface area contributed by atoms with Crippen LogP contribution < -0.4 is 16.1 Å². The number of carbonyl (C=O) groups is 3. The van der Waals surface area contributed by atoms with Crippen LogP contribution in [0, 0.1) is 0 Å². The maximum absolute atomic E-state index is 13.4. The zero-order chi connectivity index (χ0) is 28.9. The zero-order valence-electron chi connectivity index (χ0n) is 23.3. The molecule has 2 bridgehead atoms. The number of aliphatic imine (C=N–C) groups is 1. The van der Waals surface area contributed by atoms with Gasteiger partial charge in [0, 0.05) is 32.7 Å². The Balaban J connectivity index is 1.32. The first-order valence-corrected chi connectivity index (χ1v) is 13.0. The molecule has 4 rings (SSSR count). The number of hydrogen-bond acceptors (Lipinski definition) is 8. The number of aromatic nitrogens is 2. The monoisotopic (exact) mass is 556 g/mol. The number of hydroxylamine groups is 3. The SMILES string of the molecule is CN=C(NOCC(=O)NCCNC(=O)OC(C)(C)C)[C@@H]1c2c(cnn2C)[C@@H]2CN1C(=O)N2OCc1ccccc1. The average Bonchev–Trinajstić information content (AvgIpc) is 3.42. The van der Waals surface area contributed by atoms with Crippen LogP contribution in [0.25, 0.3) is 0 Å². The molecule has 14 heteroatoms. The first-order valence-electron chi connectivity index (χ1n) is 13.0. The molecule has 2 atom stereocenters. The van der Waals surface area contributed by atoms with Crippen molar-refractivity contribution < 1.29 is 28.8 Å². The van der Waals surface area contributed by atoms with Gasteiger partial charge in [0.2, 0.25) is 5.91 Å². The van der Waals surface area contributed by atoms with Crippen molar-refractivity contribution in [2.45, 2.75) is 45.1 Å². The van der Waals surface area contributed by atoms with Gasteiger partial charge in [-0.25, -0.2) is 9.59 Å². The van der Waals surface area contributed by atoms with Crippen molar-refractivity contribution in [2.24, 2.45) is 12.0 Å². The molecule has 40 heavy (non-hydrogen) atoms. The molecule has 1 fully saturated rings. The summed E-state index contributed by atoms with van der Waals surface area (Å²) in [7, 11) is 3.37. The van der Waals surface area contributed by atoms with E-state index in [1.54, 1.807) is 50.6 Å². The predicted molar refractivity (Wildman–Crippen MR) is 144 cm³/mol. The van der Waals surface area contributed by atoms with Crippen molar-refractivity contribution in [3.05, 3.63) is 53.3 Å². The fourth-order valence-electron chi connectivity index (χ4n) is 4.51. The van der Waals surface area contributed by atoms with Gasteiger partial charge in [-0.3, -0.25) is 29.6 Å². The molecule has 2 aliphatic rings. The van der Waals surface area contributed by atoms with Gasteiger partial charge in [-0.1, -0.05) is 30.3 Å². The van der Waals surface area contributed by atoms with E-state index < -0.39 is 23.6 Å². The summed E-state index contributed by atoms with van der Waals surface area (Å²) in [5.41, 5.74) is 4.70. The second kappa shape index (κ2) is 12.3. The third kappa shape index (κ3) is 6.69. The van der Waals surface area contributed by atoms with Gasteiger partial charge < -0.3 is 20.3 Å². The Morgan fingerprint density at radius 3 is 2.58 bits per heavy atom. The van der Waals surface area contributed by atoms with E-state index >= 15 is 0 Å². The number of amidine groups is 1. The molecule has 3 N–H and O–H groups in total. The van der Waals surface area contributed by atoms with E-state index in [2.05, 4.69) is 26.2 Å². The Morgan fingerprint density at radius 2 is 1.88 bits per heavy atom. The maximum atomic E-state index is 13.4. The van der Waals surface area contributed by atoms with E-state index in [1.807, 2.05) is 30.3 Å².